The molecule has 0 bridgehead atoms. The first-order chi connectivity index (χ1) is 23.0. The molecule has 280 valence electrons. The lowest BCUT2D eigenvalue weighted by atomic mass is 9.98. The standard InChI is InChI=1S/C33H58O15/c1-3-5-6-7-8-9-10-11-12-13-14-16-25(36)46-21(18-43-24(35)15-4-2)19-44-32-31(42)29(40)27(38)23(48-32)20-45-33-30(41)28(39)26(37)22(17-34)47-33/h7-8,21-23,26-34,37-42H,3-6,9-20H2,1-2H3/b8-7-. The Hall–Kier alpha value is -1.76. The van der Waals surface area contributed by atoms with E-state index in [1.54, 1.807) is 0 Å². The van der Waals surface area contributed by atoms with Gasteiger partial charge in [-0.05, 0) is 32.1 Å². The van der Waals surface area contributed by atoms with Gasteiger partial charge in [-0.15, -0.1) is 0 Å². The predicted octanol–water partition coefficient (Wildman–Crippen LogP) is 0.359. The van der Waals surface area contributed by atoms with Crippen LogP contribution in [0, 0.1) is 0 Å². The summed E-state index contributed by atoms with van der Waals surface area (Å²) >= 11 is 0. The third-order valence-corrected chi connectivity index (χ3v) is 8.21. The van der Waals surface area contributed by atoms with E-state index in [0.717, 1.165) is 38.5 Å². The van der Waals surface area contributed by atoms with Gasteiger partial charge in [-0.3, -0.25) is 9.59 Å². The lowest BCUT2D eigenvalue weighted by molar-refractivity contribution is -0.332. The van der Waals surface area contributed by atoms with Crippen LogP contribution in [0.15, 0.2) is 12.2 Å². The van der Waals surface area contributed by atoms with Crippen LogP contribution in [0.5, 0.6) is 0 Å². The molecule has 0 spiro atoms. The van der Waals surface area contributed by atoms with Gasteiger partial charge < -0.3 is 64.2 Å². The van der Waals surface area contributed by atoms with Crippen LogP contribution in [0.4, 0.5) is 0 Å². The molecule has 2 saturated heterocycles. The fourth-order valence-electron chi connectivity index (χ4n) is 5.23. The molecule has 0 aromatic heterocycles. The van der Waals surface area contributed by atoms with Crippen molar-refractivity contribution in [1.29, 1.82) is 0 Å². The number of carbonyl (C=O) groups excluding carboxylic acids is 2. The van der Waals surface area contributed by atoms with Gasteiger partial charge in [0.25, 0.3) is 0 Å². The second-order valence-electron chi connectivity index (χ2n) is 12.3. The van der Waals surface area contributed by atoms with E-state index in [1.807, 2.05) is 6.92 Å². The molecule has 11 unspecified atom stereocenters. The van der Waals surface area contributed by atoms with Gasteiger partial charge in [-0.25, -0.2) is 0 Å². The van der Waals surface area contributed by atoms with E-state index in [4.69, 9.17) is 28.4 Å². The molecule has 7 N–H and O–H groups in total. The molecule has 2 heterocycles. The summed E-state index contributed by atoms with van der Waals surface area (Å²) in [6, 6.07) is 0. The summed E-state index contributed by atoms with van der Waals surface area (Å²) in [5.41, 5.74) is 0. The number of hydrogen-bond acceptors (Lipinski definition) is 15. The first kappa shape index (κ1) is 42.4. The molecule has 11 atom stereocenters. The van der Waals surface area contributed by atoms with Crippen LogP contribution < -0.4 is 0 Å². The number of unbranched alkanes of at least 4 members (excludes halogenated alkanes) is 7. The van der Waals surface area contributed by atoms with E-state index in [2.05, 4.69) is 19.1 Å². The van der Waals surface area contributed by atoms with Crippen molar-refractivity contribution in [2.45, 2.75) is 158 Å². The maximum atomic E-state index is 12.6. The van der Waals surface area contributed by atoms with Crippen LogP contribution in [-0.4, -0.2) is 142 Å². The van der Waals surface area contributed by atoms with Crippen molar-refractivity contribution in [2.24, 2.45) is 0 Å². The maximum Gasteiger partial charge on any atom is 0.306 e. The number of aliphatic hydroxyl groups is 7. The number of rotatable bonds is 23. The Morgan fingerprint density at radius 2 is 1.23 bits per heavy atom. The third kappa shape index (κ3) is 14.6. The summed E-state index contributed by atoms with van der Waals surface area (Å²) in [5.74, 6) is -1.00. The quantitative estimate of drug-likeness (QED) is 0.0435. The smallest absolute Gasteiger partial charge is 0.306 e. The van der Waals surface area contributed by atoms with Crippen LogP contribution in [0.2, 0.25) is 0 Å². The van der Waals surface area contributed by atoms with E-state index >= 15 is 0 Å². The SMILES string of the molecule is CCCC/C=C\CCCCCCCC(=O)OC(COC(=O)CCC)COC1OC(COC2OC(CO)C(O)C(O)C2O)C(O)C(O)C1O. The summed E-state index contributed by atoms with van der Waals surface area (Å²) < 4.78 is 32.7. The van der Waals surface area contributed by atoms with Crippen molar-refractivity contribution >= 4 is 11.9 Å². The van der Waals surface area contributed by atoms with Crippen LogP contribution >= 0.6 is 0 Å². The molecular formula is C33H58O15. The molecule has 48 heavy (non-hydrogen) atoms. The Morgan fingerprint density at radius 1 is 0.646 bits per heavy atom. The summed E-state index contributed by atoms with van der Waals surface area (Å²) in [4.78, 5) is 24.6. The van der Waals surface area contributed by atoms with Gasteiger partial charge in [0.1, 0.15) is 55.4 Å². The number of carbonyl (C=O) groups is 2. The van der Waals surface area contributed by atoms with Gasteiger partial charge in [-0.1, -0.05) is 58.1 Å². The second kappa shape index (κ2) is 23.6. The summed E-state index contributed by atoms with van der Waals surface area (Å²) in [6.07, 6.45) is -2.32. The highest BCUT2D eigenvalue weighted by Crippen LogP contribution is 2.26. The van der Waals surface area contributed by atoms with Crippen molar-refractivity contribution in [3.05, 3.63) is 12.2 Å². The highest BCUT2D eigenvalue weighted by Gasteiger charge is 2.47. The molecule has 15 heteroatoms. The van der Waals surface area contributed by atoms with Crippen molar-refractivity contribution in [1.82, 2.24) is 0 Å². The fourth-order valence-corrected chi connectivity index (χ4v) is 5.23. The minimum atomic E-state index is -1.76. The van der Waals surface area contributed by atoms with Crippen molar-refractivity contribution in [2.75, 3.05) is 26.4 Å². The van der Waals surface area contributed by atoms with Crippen LogP contribution in [0.3, 0.4) is 0 Å². The van der Waals surface area contributed by atoms with E-state index in [0.29, 0.717) is 12.8 Å². The second-order valence-corrected chi connectivity index (χ2v) is 12.3. The third-order valence-electron chi connectivity index (χ3n) is 8.21. The van der Waals surface area contributed by atoms with Gasteiger partial charge >= 0.3 is 11.9 Å². The monoisotopic (exact) mass is 694 g/mol. The lowest BCUT2D eigenvalue weighted by Gasteiger charge is -2.42. The predicted molar refractivity (Wildman–Crippen MR) is 169 cm³/mol. The molecule has 0 amide bonds. The largest absolute Gasteiger partial charge is 0.462 e. The minimum absolute atomic E-state index is 0.154. The van der Waals surface area contributed by atoms with Crippen molar-refractivity contribution < 1.29 is 73.8 Å². The fraction of sp³-hybridized carbons (Fsp3) is 0.879. The Bertz CT molecular complexity index is 917. The van der Waals surface area contributed by atoms with Crippen LogP contribution in [0.1, 0.15) is 90.9 Å². The first-order valence-electron chi connectivity index (χ1n) is 17.3. The molecule has 0 aliphatic carbocycles. The Labute approximate surface area is 282 Å². The summed E-state index contributed by atoms with van der Waals surface area (Å²) in [7, 11) is 0. The van der Waals surface area contributed by atoms with Gasteiger partial charge in [0.05, 0.1) is 19.8 Å². The van der Waals surface area contributed by atoms with Gasteiger partial charge in [0.15, 0.2) is 18.7 Å². The van der Waals surface area contributed by atoms with E-state index in [1.165, 1.54) is 12.8 Å². The van der Waals surface area contributed by atoms with Gasteiger partial charge in [0, 0.05) is 12.8 Å². The van der Waals surface area contributed by atoms with Crippen molar-refractivity contribution in [3.8, 4) is 0 Å². The zero-order valence-corrected chi connectivity index (χ0v) is 28.2. The summed E-state index contributed by atoms with van der Waals surface area (Å²) in [5, 5.41) is 71.0. The Morgan fingerprint density at radius 3 is 1.88 bits per heavy atom. The van der Waals surface area contributed by atoms with E-state index in [-0.39, 0.29) is 26.1 Å². The first-order valence-corrected chi connectivity index (χ1v) is 17.3. The molecular weight excluding hydrogens is 636 g/mol. The molecule has 2 rings (SSSR count). The highest BCUT2D eigenvalue weighted by atomic mass is 16.7. The van der Waals surface area contributed by atoms with Crippen LogP contribution in [-0.2, 0) is 38.0 Å². The number of aliphatic hydroxyl groups excluding tert-OH is 7. The molecule has 15 nitrogen and oxygen atoms in total. The Balaban J connectivity index is 1.87. The molecule has 2 aliphatic rings. The van der Waals surface area contributed by atoms with Gasteiger partial charge in [0.2, 0.25) is 0 Å². The zero-order valence-electron chi connectivity index (χ0n) is 28.2. The molecule has 2 aliphatic heterocycles. The Kier molecular flexibility index (Phi) is 20.9. The maximum absolute atomic E-state index is 12.6. The average molecular weight is 695 g/mol. The number of ether oxygens (including phenoxy) is 6. The topological polar surface area (TPSA) is 231 Å². The minimum Gasteiger partial charge on any atom is -0.462 e. The molecule has 2 fully saturated rings. The number of esters is 2. The molecule has 0 aromatic rings. The van der Waals surface area contributed by atoms with Crippen LogP contribution in [0.25, 0.3) is 0 Å². The highest BCUT2D eigenvalue weighted by molar-refractivity contribution is 5.70. The molecule has 0 aromatic carbocycles. The molecule has 0 saturated carbocycles. The zero-order chi connectivity index (χ0) is 35.5. The molecule has 0 radical (unpaired) electrons. The lowest BCUT2D eigenvalue weighted by Crippen LogP contribution is -2.61. The van der Waals surface area contributed by atoms with E-state index < -0.39 is 92.7 Å². The number of hydrogen-bond donors (Lipinski definition) is 7. The average Bonchev–Trinajstić information content (AvgIpc) is 3.07. The van der Waals surface area contributed by atoms with E-state index in [9.17, 15) is 45.3 Å². The number of allylic oxidation sites excluding steroid dienone is 2. The van der Waals surface area contributed by atoms with Crippen molar-refractivity contribution in [3.63, 3.8) is 0 Å². The normalized spacial score (nSPS) is 31.5. The summed E-state index contributed by atoms with van der Waals surface area (Å²) in [6.45, 7) is 2.08. The van der Waals surface area contributed by atoms with Gasteiger partial charge in [-0.2, -0.15) is 0 Å².